The van der Waals surface area contributed by atoms with Crippen LogP contribution in [0.3, 0.4) is 0 Å². The second kappa shape index (κ2) is 6.07. The first kappa shape index (κ1) is 11.6. The fourth-order valence-corrected chi connectivity index (χ4v) is 1.32. The molecule has 0 spiro atoms. The van der Waals surface area contributed by atoms with Crippen LogP contribution in [0.1, 0.15) is 12.0 Å². The van der Waals surface area contributed by atoms with Crippen molar-refractivity contribution in [2.45, 2.75) is 18.9 Å². The Morgan fingerprint density at radius 2 is 2.13 bits per heavy atom. The van der Waals surface area contributed by atoms with E-state index < -0.39 is 0 Å². The molecule has 0 bridgehead atoms. The number of hydrogen-bond acceptors (Lipinski definition) is 3. The predicted octanol–water partition coefficient (Wildman–Crippen LogP) is 1.09. The molecule has 0 saturated heterocycles. The Kier molecular flexibility index (Phi) is 4.69. The van der Waals surface area contributed by atoms with Crippen LogP contribution in [-0.2, 0) is 6.42 Å². The van der Waals surface area contributed by atoms with E-state index in [2.05, 4.69) is 11.3 Å². The summed E-state index contributed by atoms with van der Waals surface area (Å²) in [5.41, 5.74) is 3.81. The van der Waals surface area contributed by atoms with Gasteiger partial charge in [-0.2, -0.15) is 0 Å². The van der Waals surface area contributed by atoms with Crippen LogP contribution < -0.4 is 16.0 Å². The van der Waals surface area contributed by atoms with Crippen molar-refractivity contribution in [2.75, 3.05) is 7.11 Å². The Morgan fingerprint density at radius 1 is 1.47 bits per heavy atom. The monoisotopic (exact) mass is 204 g/mol. The lowest BCUT2D eigenvalue weighted by atomic mass is 10.1. The van der Waals surface area contributed by atoms with Gasteiger partial charge in [-0.15, -0.1) is 6.42 Å². The molecule has 15 heavy (non-hydrogen) atoms. The highest BCUT2D eigenvalue weighted by Crippen LogP contribution is 2.12. The summed E-state index contributed by atoms with van der Waals surface area (Å²) in [6, 6.07) is 7.88. The van der Waals surface area contributed by atoms with Crippen LogP contribution >= 0.6 is 0 Å². The van der Waals surface area contributed by atoms with Crippen LogP contribution in [0.5, 0.6) is 5.75 Å². The molecule has 0 saturated carbocycles. The first-order chi connectivity index (χ1) is 7.30. The minimum atomic E-state index is -0.0629. The fourth-order valence-electron chi connectivity index (χ4n) is 1.32. The molecule has 0 fully saturated rings. The summed E-state index contributed by atoms with van der Waals surface area (Å²) in [5.74, 6) is 8.73. The number of nitrogens with two attached hydrogens (primary N) is 1. The number of terminal acetylenes is 1. The lowest BCUT2D eigenvalue weighted by Crippen LogP contribution is -2.34. The predicted molar refractivity (Wildman–Crippen MR) is 61.3 cm³/mol. The average molecular weight is 204 g/mol. The van der Waals surface area contributed by atoms with Gasteiger partial charge in [0.25, 0.3) is 0 Å². The van der Waals surface area contributed by atoms with Gasteiger partial charge in [-0.3, -0.25) is 5.84 Å². The molecule has 0 aliphatic rings. The molecular weight excluding hydrogens is 188 g/mol. The minimum Gasteiger partial charge on any atom is -0.497 e. The largest absolute Gasteiger partial charge is 0.497 e. The fraction of sp³-hybridized carbons (Fsp3) is 0.333. The number of aryl methyl sites for hydroxylation is 1. The van der Waals surface area contributed by atoms with E-state index in [1.807, 2.05) is 24.3 Å². The normalized spacial score (nSPS) is 11.8. The second-order valence-electron chi connectivity index (χ2n) is 3.27. The van der Waals surface area contributed by atoms with Crippen LogP contribution in [0, 0.1) is 12.3 Å². The molecule has 1 rings (SSSR count). The number of hydrazine groups is 1. The summed E-state index contributed by atoms with van der Waals surface area (Å²) in [6.45, 7) is 0. The molecule has 0 amide bonds. The molecule has 3 nitrogen and oxygen atoms in total. The van der Waals surface area contributed by atoms with E-state index >= 15 is 0 Å². The first-order valence-corrected chi connectivity index (χ1v) is 4.85. The maximum absolute atomic E-state index is 5.28. The van der Waals surface area contributed by atoms with Gasteiger partial charge in [0.15, 0.2) is 0 Å². The Balaban J connectivity index is 2.48. The minimum absolute atomic E-state index is 0.0629. The molecule has 3 N–H and O–H groups in total. The van der Waals surface area contributed by atoms with Gasteiger partial charge in [-0.1, -0.05) is 18.1 Å². The molecule has 0 heterocycles. The maximum Gasteiger partial charge on any atom is 0.118 e. The van der Waals surface area contributed by atoms with Crippen LogP contribution in [0.2, 0.25) is 0 Å². The van der Waals surface area contributed by atoms with Crippen LogP contribution in [-0.4, -0.2) is 13.2 Å². The van der Waals surface area contributed by atoms with Gasteiger partial charge in [-0.25, -0.2) is 5.43 Å². The van der Waals surface area contributed by atoms with Gasteiger partial charge in [0.1, 0.15) is 5.75 Å². The first-order valence-electron chi connectivity index (χ1n) is 4.85. The Labute approximate surface area is 90.6 Å². The van der Waals surface area contributed by atoms with E-state index in [1.165, 1.54) is 5.56 Å². The van der Waals surface area contributed by atoms with Gasteiger partial charge >= 0.3 is 0 Å². The van der Waals surface area contributed by atoms with Crippen molar-refractivity contribution in [1.82, 2.24) is 5.43 Å². The standard InChI is InChI=1S/C12H16N2O/c1-3-11(14-13)7-4-10-5-8-12(15-2)9-6-10/h1,5-6,8-9,11,14H,4,7,13H2,2H3. The van der Waals surface area contributed by atoms with E-state index in [0.717, 1.165) is 18.6 Å². The summed E-state index contributed by atoms with van der Waals surface area (Å²) in [7, 11) is 1.65. The molecule has 1 atom stereocenters. The molecule has 1 aromatic rings. The van der Waals surface area contributed by atoms with Crippen LogP contribution in [0.25, 0.3) is 0 Å². The summed E-state index contributed by atoms with van der Waals surface area (Å²) in [6.07, 6.45) is 7.02. The quantitative estimate of drug-likeness (QED) is 0.429. The number of nitrogens with one attached hydrogen (secondary N) is 1. The number of rotatable bonds is 5. The highest BCUT2D eigenvalue weighted by atomic mass is 16.5. The van der Waals surface area contributed by atoms with Crippen LogP contribution in [0.15, 0.2) is 24.3 Å². The molecule has 1 unspecified atom stereocenters. The third-order valence-corrected chi connectivity index (χ3v) is 2.28. The zero-order valence-corrected chi connectivity index (χ0v) is 8.86. The lowest BCUT2D eigenvalue weighted by molar-refractivity contribution is 0.414. The van der Waals surface area contributed by atoms with E-state index in [-0.39, 0.29) is 6.04 Å². The van der Waals surface area contributed by atoms with Crippen molar-refractivity contribution >= 4 is 0 Å². The molecule has 3 heteroatoms. The van der Waals surface area contributed by atoms with E-state index in [1.54, 1.807) is 7.11 Å². The smallest absolute Gasteiger partial charge is 0.118 e. The third kappa shape index (κ3) is 3.62. The van der Waals surface area contributed by atoms with E-state index in [4.69, 9.17) is 17.0 Å². The van der Waals surface area contributed by atoms with Crippen LogP contribution in [0.4, 0.5) is 0 Å². The summed E-state index contributed by atoms with van der Waals surface area (Å²) in [4.78, 5) is 0. The number of ether oxygens (including phenoxy) is 1. The van der Waals surface area contributed by atoms with E-state index in [0.29, 0.717) is 0 Å². The zero-order valence-electron chi connectivity index (χ0n) is 8.86. The molecule has 0 radical (unpaired) electrons. The topological polar surface area (TPSA) is 47.3 Å². The van der Waals surface area contributed by atoms with Gasteiger partial charge < -0.3 is 4.74 Å². The van der Waals surface area contributed by atoms with Crippen molar-refractivity contribution < 1.29 is 4.74 Å². The maximum atomic E-state index is 5.28. The SMILES string of the molecule is C#CC(CCc1ccc(OC)cc1)NN. The van der Waals surface area contributed by atoms with Crippen molar-refractivity contribution in [3.8, 4) is 18.1 Å². The number of benzene rings is 1. The summed E-state index contributed by atoms with van der Waals surface area (Å²) in [5, 5.41) is 0. The highest BCUT2D eigenvalue weighted by Gasteiger charge is 2.02. The average Bonchev–Trinajstić information content (AvgIpc) is 2.31. The second-order valence-corrected chi connectivity index (χ2v) is 3.27. The molecule has 0 aliphatic carbocycles. The van der Waals surface area contributed by atoms with Crippen molar-refractivity contribution in [3.05, 3.63) is 29.8 Å². The Morgan fingerprint density at radius 3 is 2.60 bits per heavy atom. The van der Waals surface area contributed by atoms with Crippen molar-refractivity contribution in [3.63, 3.8) is 0 Å². The van der Waals surface area contributed by atoms with Gasteiger partial charge in [0.05, 0.1) is 13.2 Å². The zero-order chi connectivity index (χ0) is 11.1. The number of methoxy groups -OCH3 is 1. The molecule has 0 aromatic heterocycles. The van der Waals surface area contributed by atoms with E-state index in [9.17, 15) is 0 Å². The molecule has 0 aliphatic heterocycles. The third-order valence-electron chi connectivity index (χ3n) is 2.28. The number of hydrogen-bond donors (Lipinski definition) is 2. The van der Waals surface area contributed by atoms with Gasteiger partial charge in [0, 0.05) is 0 Å². The molecular formula is C12H16N2O. The Hall–Kier alpha value is -1.50. The molecule has 1 aromatic carbocycles. The van der Waals surface area contributed by atoms with Gasteiger partial charge in [-0.05, 0) is 30.5 Å². The van der Waals surface area contributed by atoms with Crippen molar-refractivity contribution in [2.24, 2.45) is 5.84 Å². The van der Waals surface area contributed by atoms with Gasteiger partial charge in [0.2, 0.25) is 0 Å². The summed E-state index contributed by atoms with van der Waals surface area (Å²) < 4.78 is 5.07. The highest BCUT2D eigenvalue weighted by molar-refractivity contribution is 5.27. The Bertz CT molecular complexity index is 326. The lowest BCUT2D eigenvalue weighted by Gasteiger charge is -2.08. The molecule has 80 valence electrons. The summed E-state index contributed by atoms with van der Waals surface area (Å²) >= 11 is 0. The van der Waals surface area contributed by atoms with Crippen molar-refractivity contribution in [1.29, 1.82) is 0 Å².